The number of carbonyl (C=O) groups is 2. The number of amides is 2. The summed E-state index contributed by atoms with van der Waals surface area (Å²) in [4.78, 5) is 23.8. The van der Waals surface area contributed by atoms with Crippen LogP contribution in [-0.2, 0) is 17.8 Å². The van der Waals surface area contributed by atoms with Gasteiger partial charge in [0, 0.05) is 18.5 Å². The average Bonchev–Trinajstić information content (AvgIpc) is 2.85. The molecule has 0 saturated heterocycles. The van der Waals surface area contributed by atoms with Gasteiger partial charge in [-0.25, -0.2) is 0 Å². The van der Waals surface area contributed by atoms with Crippen molar-refractivity contribution in [2.24, 2.45) is 0 Å². The number of aromatic nitrogens is 3. The molecular weight excluding hydrogens is 326 g/mol. The van der Waals surface area contributed by atoms with Gasteiger partial charge in [0.15, 0.2) is 5.16 Å². The minimum absolute atomic E-state index is 0.174. The van der Waals surface area contributed by atoms with Crippen molar-refractivity contribution in [2.75, 3.05) is 5.75 Å². The normalized spacial score (nSPS) is 13.7. The number of hydrogen-bond acceptors (Lipinski definition) is 5. The topological polar surface area (TPSA) is 88.9 Å². The van der Waals surface area contributed by atoms with Crippen molar-refractivity contribution in [1.29, 1.82) is 0 Å². The van der Waals surface area contributed by atoms with Gasteiger partial charge in [-0.05, 0) is 25.0 Å². The maximum absolute atomic E-state index is 11.9. The summed E-state index contributed by atoms with van der Waals surface area (Å²) in [5.74, 6) is 0.543. The van der Waals surface area contributed by atoms with Crippen molar-refractivity contribution >= 4 is 23.6 Å². The van der Waals surface area contributed by atoms with Gasteiger partial charge < -0.3 is 4.57 Å². The van der Waals surface area contributed by atoms with Gasteiger partial charge in [-0.3, -0.25) is 20.4 Å². The number of nitrogens with one attached hydrogen (secondary N) is 2. The van der Waals surface area contributed by atoms with Crippen molar-refractivity contribution in [3.63, 3.8) is 0 Å². The Kier molecular flexibility index (Phi) is 5.47. The van der Waals surface area contributed by atoms with Crippen molar-refractivity contribution in [3.8, 4) is 0 Å². The summed E-state index contributed by atoms with van der Waals surface area (Å²) in [5.41, 5.74) is 5.32. The molecule has 1 aromatic heterocycles. The fraction of sp³-hybridized carbons (Fsp3) is 0.375. The number of rotatable bonds is 4. The van der Waals surface area contributed by atoms with E-state index in [1.54, 1.807) is 24.3 Å². The highest BCUT2D eigenvalue weighted by Crippen LogP contribution is 2.21. The maximum Gasteiger partial charge on any atom is 0.269 e. The summed E-state index contributed by atoms with van der Waals surface area (Å²) in [6, 6.07) is 8.73. The number of nitrogens with zero attached hydrogens (tertiary/aromatic N) is 3. The van der Waals surface area contributed by atoms with E-state index in [0.29, 0.717) is 5.56 Å². The van der Waals surface area contributed by atoms with Gasteiger partial charge in [0.1, 0.15) is 5.82 Å². The Morgan fingerprint density at radius 3 is 2.75 bits per heavy atom. The third-order valence-electron chi connectivity index (χ3n) is 3.76. The zero-order valence-electron chi connectivity index (χ0n) is 13.2. The van der Waals surface area contributed by atoms with Crippen LogP contribution in [0.2, 0.25) is 0 Å². The third kappa shape index (κ3) is 4.14. The minimum atomic E-state index is -0.342. The molecule has 2 aromatic rings. The Balaban J connectivity index is 1.48. The lowest BCUT2D eigenvalue weighted by Crippen LogP contribution is -2.42. The van der Waals surface area contributed by atoms with Crippen molar-refractivity contribution < 1.29 is 9.59 Å². The molecular formula is C16H19N5O2S. The molecule has 0 spiro atoms. The van der Waals surface area contributed by atoms with Gasteiger partial charge in [-0.15, -0.1) is 10.2 Å². The number of thioether (sulfide) groups is 1. The summed E-state index contributed by atoms with van der Waals surface area (Å²) in [6.45, 7) is 0.900. The molecule has 0 bridgehead atoms. The lowest BCUT2D eigenvalue weighted by atomic mass is 10.2. The Morgan fingerprint density at radius 2 is 1.92 bits per heavy atom. The molecule has 126 valence electrons. The largest absolute Gasteiger partial charge is 0.306 e. The molecule has 1 aromatic carbocycles. The van der Waals surface area contributed by atoms with E-state index in [-0.39, 0.29) is 17.6 Å². The number of hydrogen-bond donors (Lipinski definition) is 2. The highest BCUT2D eigenvalue weighted by atomic mass is 32.2. The van der Waals surface area contributed by atoms with Crippen LogP contribution in [0.25, 0.3) is 0 Å². The Morgan fingerprint density at radius 1 is 1.08 bits per heavy atom. The molecule has 2 heterocycles. The summed E-state index contributed by atoms with van der Waals surface area (Å²) in [6.07, 6.45) is 4.37. The molecule has 0 aliphatic carbocycles. The number of benzene rings is 1. The van der Waals surface area contributed by atoms with Crippen LogP contribution in [-0.4, -0.2) is 32.3 Å². The monoisotopic (exact) mass is 345 g/mol. The Hall–Kier alpha value is -2.35. The molecule has 1 aliphatic rings. The van der Waals surface area contributed by atoms with Gasteiger partial charge in [0.05, 0.1) is 5.75 Å². The molecule has 7 nitrogen and oxygen atoms in total. The van der Waals surface area contributed by atoms with E-state index >= 15 is 0 Å². The fourth-order valence-electron chi connectivity index (χ4n) is 2.52. The maximum atomic E-state index is 11.9. The van der Waals surface area contributed by atoms with E-state index in [1.807, 2.05) is 6.07 Å². The van der Waals surface area contributed by atoms with Crippen LogP contribution >= 0.6 is 11.8 Å². The lowest BCUT2D eigenvalue weighted by molar-refractivity contribution is -0.119. The summed E-state index contributed by atoms with van der Waals surface area (Å²) in [7, 11) is 0. The van der Waals surface area contributed by atoms with E-state index < -0.39 is 0 Å². The molecule has 2 N–H and O–H groups in total. The van der Waals surface area contributed by atoms with Crippen molar-refractivity contribution in [3.05, 3.63) is 41.7 Å². The smallest absolute Gasteiger partial charge is 0.269 e. The predicted molar refractivity (Wildman–Crippen MR) is 90.4 cm³/mol. The summed E-state index contributed by atoms with van der Waals surface area (Å²) in [5, 5.41) is 9.12. The Labute approximate surface area is 144 Å². The highest BCUT2D eigenvalue weighted by molar-refractivity contribution is 7.99. The average molecular weight is 345 g/mol. The zero-order chi connectivity index (χ0) is 16.8. The first kappa shape index (κ1) is 16.5. The van der Waals surface area contributed by atoms with Gasteiger partial charge in [-0.2, -0.15) is 0 Å². The first-order chi connectivity index (χ1) is 11.7. The quantitative estimate of drug-likeness (QED) is 0.648. The van der Waals surface area contributed by atoms with Gasteiger partial charge in [0.2, 0.25) is 5.91 Å². The van der Waals surface area contributed by atoms with Crippen LogP contribution in [0.3, 0.4) is 0 Å². The van der Waals surface area contributed by atoms with E-state index in [2.05, 4.69) is 25.6 Å². The first-order valence-corrected chi connectivity index (χ1v) is 8.92. The molecule has 0 fully saturated rings. The summed E-state index contributed by atoms with van der Waals surface area (Å²) < 4.78 is 2.09. The minimum Gasteiger partial charge on any atom is -0.306 e. The summed E-state index contributed by atoms with van der Waals surface area (Å²) >= 11 is 1.33. The van der Waals surface area contributed by atoms with Gasteiger partial charge >= 0.3 is 0 Å². The van der Waals surface area contributed by atoms with Crippen LogP contribution in [0.15, 0.2) is 35.5 Å². The molecule has 3 rings (SSSR count). The van der Waals surface area contributed by atoms with Crippen LogP contribution in [0, 0.1) is 0 Å². The number of carbonyl (C=O) groups excluding carboxylic acids is 2. The SMILES string of the molecule is O=C(CSc1nnc2n1CCCCC2)NNC(=O)c1ccccc1. The zero-order valence-corrected chi connectivity index (χ0v) is 14.0. The molecule has 1 aliphatic heterocycles. The van der Waals surface area contributed by atoms with E-state index in [1.165, 1.54) is 18.2 Å². The molecule has 8 heteroatoms. The molecule has 0 atom stereocenters. The van der Waals surface area contributed by atoms with Gasteiger partial charge in [-0.1, -0.05) is 36.4 Å². The molecule has 0 unspecified atom stereocenters. The molecule has 24 heavy (non-hydrogen) atoms. The third-order valence-corrected chi connectivity index (χ3v) is 4.73. The lowest BCUT2D eigenvalue weighted by Gasteiger charge is -2.08. The predicted octanol–water partition coefficient (Wildman–Crippen LogP) is 1.56. The van der Waals surface area contributed by atoms with Crippen LogP contribution in [0.5, 0.6) is 0 Å². The second kappa shape index (κ2) is 7.96. The van der Waals surface area contributed by atoms with Crippen molar-refractivity contribution in [1.82, 2.24) is 25.6 Å². The van der Waals surface area contributed by atoms with Crippen LogP contribution in [0.4, 0.5) is 0 Å². The van der Waals surface area contributed by atoms with E-state index in [0.717, 1.165) is 36.8 Å². The highest BCUT2D eigenvalue weighted by Gasteiger charge is 2.16. The molecule has 2 amide bonds. The second-order valence-corrected chi connectivity index (χ2v) is 6.46. The van der Waals surface area contributed by atoms with Crippen LogP contribution in [0.1, 0.15) is 35.4 Å². The van der Waals surface area contributed by atoms with Gasteiger partial charge in [0.25, 0.3) is 5.91 Å². The molecule has 0 saturated carbocycles. The fourth-order valence-corrected chi connectivity index (χ4v) is 3.30. The molecule has 0 radical (unpaired) electrons. The van der Waals surface area contributed by atoms with Crippen molar-refractivity contribution in [2.45, 2.75) is 37.4 Å². The number of hydrazine groups is 1. The van der Waals surface area contributed by atoms with E-state index in [4.69, 9.17) is 0 Å². The number of aryl methyl sites for hydroxylation is 1. The van der Waals surface area contributed by atoms with Crippen LogP contribution < -0.4 is 10.9 Å². The Bertz CT molecular complexity index is 717. The second-order valence-electron chi connectivity index (χ2n) is 5.52. The first-order valence-electron chi connectivity index (χ1n) is 7.93. The van der Waals surface area contributed by atoms with E-state index in [9.17, 15) is 9.59 Å². The number of fused-ring (bicyclic) bond motifs is 1. The standard InChI is InChI=1S/C16H19N5O2S/c22-14(18-19-15(23)12-7-3-1-4-8-12)11-24-16-20-17-13-9-5-2-6-10-21(13)16/h1,3-4,7-8H,2,5-6,9-11H2,(H,18,22)(H,19,23).